The summed E-state index contributed by atoms with van der Waals surface area (Å²) < 4.78 is 3.67. The van der Waals surface area contributed by atoms with Gasteiger partial charge in [0.15, 0.2) is 0 Å². The third-order valence-corrected chi connectivity index (χ3v) is 13.7. The van der Waals surface area contributed by atoms with E-state index in [2.05, 4.69) is 213 Å². The van der Waals surface area contributed by atoms with E-state index in [0.717, 1.165) is 21.8 Å². The third kappa shape index (κ3) is 5.28. The van der Waals surface area contributed by atoms with E-state index in [1.54, 1.807) is 11.3 Å². The molecule has 11 aromatic rings. The highest BCUT2D eigenvalue weighted by Gasteiger charge is 2.37. The van der Waals surface area contributed by atoms with Crippen LogP contribution in [-0.2, 0) is 5.41 Å². The molecule has 1 aliphatic rings. The van der Waals surface area contributed by atoms with E-state index < -0.39 is 0 Å². The number of hydrogen-bond acceptors (Lipinski definition) is 2. The molecule has 59 heavy (non-hydrogen) atoms. The molecule has 0 saturated heterocycles. The molecule has 2 nitrogen and oxygen atoms in total. The molecule has 0 N–H and O–H groups in total. The van der Waals surface area contributed by atoms with Crippen LogP contribution in [0, 0.1) is 0 Å². The number of benzene rings is 9. The number of nitrogens with zero attached hydrogens (tertiary/aromatic N) is 2. The average molecular weight is 771 g/mol. The van der Waals surface area contributed by atoms with Crippen molar-refractivity contribution in [2.24, 2.45) is 0 Å². The summed E-state index contributed by atoms with van der Waals surface area (Å²) in [6.07, 6.45) is 0. The Morgan fingerprint density at radius 1 is 0.458 bits per heavy atom. The summed E-state index contributed by atoms with van der Waals surface area (Å²) >= 11 is 1.74. The molecular formula is C56H38N2S. The molecule has 0 aliphatic heterocycles. The maximum absolute atomic E-state index is 4.93. The Morgan fingerprint density at radius 3 is 1.95 bits per heavy atom. The van der Waals surface area contributed by atoms with Crippen molar-refractivity contribution in [3.05, 3.63) is 205 Å². The Labute approximate surface area is 347 Å². The van der Waals surface area contributed by atoms with Crippen molar-refractivity contribution < 1.29 is 0 Å². The molecule has 0 radical (unpaired) electrons. The Bertz CT molecular complexity index is 3420. The first-order valence-electron chi connectivity index (χ1n) is 20.4. The summed E-state index contributed by atoms with van der Waals surface area (Å²) in [4.78, 5) is 4.93. The van der Waals surface area contributed by atoms with Crippen molar-refractivity contribution in [1.29, 1.82) is 0 Å². The Balaban J connectivity index is 0.989. The van der Waals surface area contributed by atoms with E-state index in [-0.39, 0.29) is 5.41 Å². The third-order valence-electron chi connectivity index (χ3n) is 12.6. The molecule has 2 heterocycles. The minimum Gasteiger partial charge on any atom is -0.309 e. The van der Waals surface area contributed by atoms with Crippen LogP contribution in [0.2, 0.25) is 0 Å². The van der Waals surface area contributed by atoms with Crippen LogP contribution in [-0.4, -0.2) is 9.55 Å². The predicted octanol–water partition coefficient (Wildman–Crippen LogP) is 15.5. The first kappa shape index (κ1) is 34.0. The van der Waals surface area contributed by atoms with Gasteiger partial charge in [-0.3, -0.25) is 0 Å². The molecule has 278 valence electrons. The Kier molecular flexibility index (Phi) is 7.48. The lowest BCUT2D eigenvalue weighted by Crippen LogP contribution is -2.16. The zero-order chi connectivity index (χ0) is 39.2. The smallest absolute Gasteiger partial charge is 0.124 e. The van der Waals surface area contributed by atoms with Crippen molar-refractivity contribution in [2.75, 3.05) is 0 Å². The van der Waals surface area contributed by atoms with Crippen LogP contribution in [0.1, 0.15) is 25.0 Å². The normalized spacial score (nSPS) is 13.1. The molecule has 0 saturated carbocycles. The summed E-state index contributed by atoms with van der Waals surface area (Å²) in [5, 5.41) is 6.01. The van der Waals surface area contributed by atoms with Gasteiger partial charge in [0.2, 0.25) is 0 Å². The number of aromatic nitrogens is 2. The second-order valence-electron chi connectivity index (χ2n) is 16.3. The lowest BCUT2D eigenvalue weighted by atomic mass is 9.79. The van der Waals surface area contributed by atoms with E-state index in [4.69, 9.17) is 4.98 Å². The van der Waals surface area contributed by atoms with Crippen molar-refractivity contribution in [1.82, 2.24) is 9.55 Å². The fourth-order valence-electron chi connectivity index (χ4n) is 9.80. The van der Waals surface area contributed by atoms with E-state index in [1.165, 1.54) is 92.9 Å². The highest BCUT2D eigenvalue weighted by molar-refractivity contribution is 7.21. The Hall–Kier alpha value is -7.07. The number of fused-ring (bicyclic) bond motifs is 8. The topological polar surface area (TPSA) is 17.8 Å². The molecule has 0 fully saturated rings. The largest absolute Gasteiger partial charge is 0.309 e. The second-order valence-corrected chi connectivity index (χ2v) is 17.4. The van der Waals surface area contributed by atoms with Gasteiger partial charge in [0.25, 0.3) is 0 Å². The van der Waals surface area contributed by atoms with Crippen molar-refractivity contribution in [3.8, 4) is 60.8 Å². The quantitative estimate of drug-likeness (QED) is 0.170. The van der Waals surface area contributed by atoms with Crippen LogP contribution in [0.4, 0.5) is 0 Å². The van der Waals surface area contributed by atoms with E-state index >= 15 is 0 Å². The van der Waals surface area contributed by atoms with Crippen molar-refractivity contribution in [2.45, 2.75) is 19.3 Å². The lowest BCUT2D eigenvalue weighted by molar-refractivity contribution is 0.662. The number of para-hydroxylation sites is 1. The van der Waals surface area contributed by atoms with Crippen LogP contribution < -0.4 is 0 Å². The van der Waals surface area contributed by atoms with Gasteiger partial charge in [-0.1, -0.05) is 172 Å². The molecule has 1 aliphatic carbocycles. The average Bonchev–Trinajstić information content (AvgIpc) is 3.95. The molecule has 12 rings (SSSR count). The van der Waals surface area contributed by atoms with Gasteiger partial charge < -0.3 is 4.57 Å². The molecule has 0 atom stereocenters. The summed E-state index contributed by atoms with van der Waals surface area (Å²) in [5.41, 5.74) is 18.5. The van der Waals surface area contributed by atoms with E-state index in [1.807, 2.05) is 0 Å². The lowest BCUT2D eigenvalue weighted by Gasteiger charge is -2.24. The number of thiazole rings is 1. The van der Waals surface area contributed by atoms with E-state index in [9.17, 15) is 0 Å². The maximum Gasteiger partial charge on any atom is 0.124 e. The molecular weight excluding hydrogens is 733 g/mol. The van der Waals surface area contributed by atoms with E-state index in [0.29, 0.717) is 0 Å². The summed E-state index contributed by atoms with van der Waals surface area (Å²) in [6.45, 7) is 4.73. The van der Waals surface area contributed by atoms with Gasteiger partial charge in [-0.2, -0.15) is 0 Å². The second kappa shape index (κ2) is 13.0. The first-order valence-corrected chi connectivity index (χ1v) is 21.2. The summed E-state index contributed by atoms with van der Waals surface area (Å²) in [5.74, 6) is 0. The number of rotatable bonds is 5. The predicted molar refractivity (Wildman–Crippen MR) is 251 cm³/mol. The molecule has 9 aromatic carbocycles. The van der Waals surface area contributed by atoms with Crippen LogP contribution in [0.15, 0.2) is 194 Å². The van der Waals surface area contributed by atoms with Crippen molar-refractivity contribution in [3.63, 3.8) is 0 Å². The van der Waals surface area contributed by atoms with Crippen LogP contribution in [0.25, 0.3) is 104 Å². The highest BCUT2D eigenvalue weighted by atomic mass is 32.1. The fourth-order valence-corrected chi connectivity index (χ4v) is 10.8. The minimum atomic E-state index is -0.0697. The summed E-state index contributed by atoms with van der Waals surface area (Å²) in [6, 6.07) is 71.5. The van der Waals surface area contributed by atoms with Gasteiger partial charge in [-0.05, 0) is 103 Å². The molecule has 0 spiro atoms. The fraction of sp³-hybridized carbons (Fsp3) is 0.0536. The monoisotopic (exact) mass is 770 g/mol. The molecule has 0 amide bonds. The minimum absolute atomic E-state index is 0.0697. The van der Waals surface area contributed by atoms with Gasteiger partial charge in [0.1, 0.15) is 5.01 Å². The molecule has 0 bridgehead atoms. The SMILES string of the molecule is CC1(C)c2ccccc2-c2cccc(-c3ccc(-c4ccc5c6c(-c7ccc(-c8nc9ccccc9s8)cc7)cccc6n(-c6ccc7ccccc7c6)c5c4)cc3)c21. The standard InChI is InChI=1S/C56H38N2S/c1-56(2)48-17-6-5-13-45(48)46-16-9-15-44(54(46)56)38-23-21-36(22-24-38)41-30-32-47-51(34-41)58(42-31-29-35-11-3-4-12-40(35)33-42)50-19-10-14-43(53(47)50)37-25-27-39(28-26-37)55-57-49-18-7-8-20-52(49)59-55/h3-34H,1-2H3. The summed E-state index contributed by atoms with van der Waals surface area (Å²) in [7, 11) is 0. The molecule has 3 heteroatoms. The number of hydrogen-bond donors (Lipinski definition) is 0. The van der Waals surface area contributed by atoms with Gasteiger partial charge in [0.05, 0.1) is 21.3 Å². The van der Waals surface area contributed by atoms with Crippen LogP contribution >= 0.6 is 11.3 Å². The van der Waals surface area contributed by atoms with Gasteiger partial charge in [-0.15, -0.1) is 11.3 Å². The van der Waals surface area contributed by atoms with Crippen LogP contribution in [0.3, 0.4) is 0 Å². The first-order chi connectivity index (χ1) is 29.0. The molecule has 2 aromatic heterocycles. The van der Waals surface area contributed by atoms with Gasteiger partial charge >= 0.3 is 0 Å². The van der Waals surface area contributed by atoms with Crippen LogP contribution in [0.5, 0.6) is 0 Å². The van der Waals surface area contributed by atoms with Crippen molar-refractivity contribution >= 4 is 54.1 Å². The molecule has 0 unspecified atom stereocenters. The zero-order valence-corrected chi connectivity index (χ0v) is 33.6. The zero-order valence-electron chi connectivity index (χ0n) is 32.8. The van der Waals surface area contributed by atoms with Gasteiger partial charge in [-0.25, -0.2) is 4.98 Å². The highest BCUT2D eigenvalue weighted by Crippen LogP contribution is 2.52. The van der Waals surface area contributed by atoms with Gasteiger partial charge in [0, 0.05) is 27.4 Å². The Morgan fingerprint density at radius 2 is 1.10 bits per heavy atom. The maximum atomic E-state index is 4.93.